The second-order valence-corrected chi connectivity index (χ2v) is 10.00. The Bertz CT molecular complexity index is 1300. The highest BCUT2D eigenvalue weighted by Gasteiger charge is 2.17. The van der Waals surface area contributed by atoms with Gasteiger partial charge in [0.05, 0.1) is 28.0 Å². The van der Waals surface area contributed by atoms with Gasteiger partial charge in [0, 0.05) is 17.7 Å². The zero-order valence-corrected chi connectivity index (χ0v) is 18.4. The summed E-state index contributed by atoms with van der Waals surface area (Å²) in [6.45, 7) is 0. The van der Waals surface area contributed by atoms with Gasteiger partial charge in [0.1, 0.15) is 10.8 Å². The first-order chi connectivity index (χ1) is 14.9. The quantitative estimate of drug-likeness (QED) is 0.436. The van der Waals surface area contributed by atoms with E-state index in [1.807, 2.05) is 42.5 Å². The van der Waals surface area contributed by atoms with Crippen molar-refractivity contribution in [2.45, 2.75) is 11.3 Å². The molecule has 0 aliphatic rings. The average molecular weight is 453 g/mol. The first kappa shape index (κ1) is 21.0. The van der Waals surface area contributed by atoms with Crippen LogP contribution in [0, 0.1) is 0 Å². The van der Waals surface area contributed by atoms with Crippen LogP contribution in [-0.2, 0) is 14.6 Å². The Labute approximate surface area is 184 Å². The molecule has 0 aliphatic heterocycles. The molecule has 0 spiro atoms. The van der Waals surface area contributed by atoms with Gasteiger partial charge in [-0.3, -0.25) is 4.79 Å². The number of para-hydroxylation sites is 1. The number of ether oxygens (including phenoxy) is 1. The van der Waals surface area contributed by atoms with Crippen molar-refractivity contribution < 1.29 is 17.9 Å². The third-order valence-electron chi connectivity index (χ3n) is 4.70. The summed E-state index contributed by atoms with van der Waals surface area (Å²) < 4.78 is 31.1. The van der Waals surface area contributed by atoms with Crippen LogP contribution in [0.5, 0.6) is 5.75 Å². The van der Waals surface area contributed by atoms with Gasteiger partial charge < -0.3 is 10.1 Å². The van der Waals surface area contributed by atoms with Crippen LogP contribution in [0.4, 0.5) is 5.69 Å². The molecule has 0 saturated carbocycles. The summed E-state index contributed by atoms with van der Waals surface area (Å²) in [7, 11) is -2.05. The Morgan fingerprint density at radius 3 is 2.55 bits per heavy atom. The van der Waals surface area contributed by atoms with E-state index in [0.717, 1.165) is 20.8 Å². The Morgan fingerprint density at radius 2 is 1.81 bits per heavy atom. The number of hydrogen-bond acceptors (Lipinski definition) is 6. The average Bonchev–Trinajstić information content (AvgIpc) is 3.22. The molecule has 0 fully saturated rings. The predicted molar refractivity (Wildman–Crippen MR) is 123 cm³/mol. The number of nitrogens with one attached hydrogen (secondary N) is 1. The largest absolute Gasteiger partial charge is 0.497 e. The molecule has 158 valence electrons. The lowest BCUT2D eigenvalue weighted by Gasteiger charge is -2.08. The highest BCUT2D eigenvalue weighted by Crippen LogP contribution is 2.31. The standard InChI is InChI=1S/C23H20N2O4S2/c1-29-18-9-11-19(12-10-18)31(27,28)14-13-22(26)24-17-6-4-5-16(15-17)23-25-20-7-2-3-8-21(20)30-23/h2-12,15H,13-14H2,1H3,(H,24,26). The number of benzene rings is 3. The first-order valence-electron chi connectivity index (χ1n) is 9.57. The van der Waals surface area contributed by atoms with E-state index in [1.165, 1.54) is 19.2 Å². The maximum absolute atomic E-state index is 12.5. The molecule has 31 heavy (non-hydrogen) atoms. The lowest BCUT2D eigenvalue weighted by molar-refractivity contribution is -0.115. The van der Waals surface area contributed by atoms with Gasteiger partial charge in [0.25, 0.3) is 0 Å². The number of methoxy groups -OCH3 is 1. The van der Waals surface area contributed by atoms with Crippen LogP contribution in [-0.4, -0.2) is 32.2 Å². The fraction of sp³-hybridized carbons (Fsp3) is 0.130. The summed E-state index contributed by atoms with van der Waals surface area (Å²) in [5.74, 6) is -0.0637. The normalized spacial score (nSPS) is 11.4. The van der Waals surface area contributed by atoms with Gasteiger partial charge >= 0.3 is 0 Å². The van der Waals surface area contributed by atoms with Crippen LogP contribution >= 0.6 is 11.3 Å². The number of fused-ring (bicyclic) bond motifs is 1. The minimum atomic E-state index is -3.56. The second kappa shape index (κ2) is 8.87. The lowest BCUT2D eigenvalue weighted by Crippen LogP contribution is -2.17. The van der Waals surface area contributed by atoms with E-state index in [-0.39, 0.29) is 23.0 Å². The molecule has 0 saturated heterocycles. The molecular formula is C23H20N2O4S2. The molecule has 0 unspecified atom stereocenters. The van der Waals surface area contributed by atoms with Crippen LogP contribution in [0.15, 0.2) is 77.7 Å². The predicted octanol–water partition coefficient (Wildman–Crippen LogP) is 4.77. The first-order valence-corrected chi connectivity index (χ1v) is 12.0. The topological polar surface area (TPSA) is 85.4 Å². The fourth-order valence-corrected chi connectivity index (χ4v) is 5.28. The minimum absolute atomic E-state index is 0.139. The van der Waals surface area contributed by atoms with Crippen molar-refractivity contribution in [2.75, 3.05) is 18.2 Å². The Hall–Kier alpha value is -3.23. The summed E-state index contributed by atoms with van der Waals surface area (Å²) in [6, 6.07) is 21.4. The maximum atomic E-state index is 12.5. The molecule has 3 aromatic carbocycles. The number of sulfone groups is 1. The van der Waals surface area contributed by atoms with E-state index < -0.39 is 9.84 Å². The molecule has 0 aliphatic carbocycles. The number of aromatic nitrogens is 1. The summed E-state index contributed by atoms with van der Waals surface area (Å²) in [6.07, 6.45) is -0.139. The molecule has 4 aromatic rings. The van der Waals surface area contributed by atoms with Crippen LogP contribution in [0.25, 0.3) is 20.8 Å². The van der Waals surface area contributed by atoms with Crippen LogP contribution in [0.1, 0.15) is 6.42 Å². The van der Waals surface area contributed by atoms with Crippen LogP contribution in [0.2, 0.25) is 0 Å². The number of amides is 1. The summed E-state index contributed by atoms with van der Waals surface area (Å²) in [5, 5.41) is 3.64. The van der Waals surface area contributed by atoms with E-state index in [9.17, 15) is 13.2 Å². The van der Waals surface area contributed by atoms with Gasteiger partial charge in [-0.1, -0.05) is 24.3 Å². The number of anilines is 1. The number of rotatable bonds is 7. The SMILES string of the molecule is COc1ccc(S(=O)(=O)CCC(=O)Nc2cccc(-c3nc4ccccc4s3)c2)cc1. The lowest BCUT2D eigenvalue weighted by atomic mass is 10.2. The van der Waals surface area contributed by atoms with E-state index in [1.54, 1.807) is 29.5 Å². The van der Waals surface area contributed by atoms with E-state index in [2.05, 4.69) is 10.3 Å². The molecular weight excluding hydrogens is 432 g/mol. The van der Waals surface area contributed by atoms with Crippen molar-refractivity contribution in [3.8, 4) is 16.3 Å². The number of carbonyl (C=O) groups excluding carboxylic acids is 1. The summed E-state index contributed by atoms with van der Waals surface area (Å²) >= 11 is 1.58. The zero-order valence-electron chi connectivity index (χ0n) is 16.7. The van der Waals surface area contributed by atoms with Gasteiger partial charge in [-0.05, 0) is 48.5 Å². The third-order valence-corrected chi connectivity index (χ3v) is 7.52. The Balaban J connectivity index is 1.42. The number of nitrogens with zero attached hydrogens (tertiary/aromatic N) is 1. The molecule has 1 N–H and O–H groups in total. The second-order valence-electron chi connectivity index (χ2n) is 6.86. The Morgan fingerprint density at radius 1 is 1.03 bits per heavy atom. The van der Waals surface area contributed by atoms with E-state index in [4.69, 9.17) is 4.74 Å². The van der Waals surface area contributed by atoms with Crippen molar-refractivity contribution >= 4 is 43.0 Å². The van der Waals surface area contributed by atoms with E-state index in [0.29, 0.717) is 11.4 Å². The molecule has 8 heteroatoms. The molecule has 1 heterocycles. The van der Waals surface area contributed by atoms with Crippen molar-refractivity contribution in [3.05, 3.63) is 72.8 Å². The van der Waals surface area contributed by atoms with Gasteiger partial charge in [0.15, 0.2) is 9.84 Å². The maximum Gasteiger partial charge on any atom is 0.225 e. The minimum Gasteiger partial charge on any atom is -0.497 e. The molecule has 0 radical (unpaired) electrons. The monoisotopic (exact) mass is 452 g/mol. The molecule has 1 aromatic heterocycles. The summed E-state index contributed by atoms with van der Waals surface area (Å²) in [4.78, 5) is 17.2. The number of carbonyl (C=O) groups is 1. The third kappa shape index (κ3) is 4.92. The Kier molecular flexibility index (Phi) is 6.01. The zero-order chi connectivity index (χ0) is 21.8. The molecule has 6 nitrogen and oxygen atoms in total. The highest BCUT2D eigenvalue weighted by molar-refractivity contribution is 7.91. The van der Waals surface area contributed by atoms with Gasteiger partial charge in [-0.15, -0.1) is 11.3 Å². The number of thiazole rings is 1. The van der Waals surface area contributed by atoms with Crippen molar-refractivity contribution in [3.63, 3.8) is 0 Å². The van der Waals surface area contributed by atoms with Crippen LogP contribution in [0.3, 0.4) is 0 Å². The van der Waals surface area contributed by atoms with Gasteiger partial charge in [-0.25, -0.2) is 13.4 Å². The van der Waals surface area contributed by atoms with Crippen molar-refractivity contribution in [1.82, 2.24) is 4.98 Å². The van der Waals surface area contributed by atoms with Crippen LogP contribution < -0.4 is 10.1 Å². The smallest absolute Gasteiger partial charge is 0.225 e. The molecule has 1 amide bonds. The van der Waals surface area contributed by atoms with Crippen molar-refractivity contribution in [1.29, 1.82) is 0 Å². The van der Waals surface area contributed by atoms with Crippen molar-refractivity contribution in [2.24, 2.45) is 0 Å². The van der Waals surface area contributed by atoms with E-state index >= 15 is 0 Å². The molecule has 0 atom stereocenters. The van der Waals surface area contributed by atoms with Gasteiger partial charge in [0.2, 0.25) is 5.91 Å². The molecule has 0 bridgehead atoms. The summed E-state index contributed by atoms with van der Waals surface area (Å²) in [5.41, 5.74) is 2.43. The molecule has 4 rings (SSSR count). The number of hydrogen-bond donors (Lipinski definition) is 1. The van der Waals surface area contributed by atoms with Gasteiger partial charge in [-0.2, -0.15) is 0 Å². The fourth-order valence-electron chi connectivity index (χ4n) is 3.08. The highest BCUT2D eigenvalue weighted by atomic mass is 32.2.